The number of anilines is 1. The van der Waals surface area contributed by atoms with E-state index < -0.39 is 0 Å². The fourth-order valence-electron chi connectivity index (χ4n) is 3.82. The number of carbonyl (C=O) groups excluding carboxylic acids is 1. The second-order valence-electron chi connectivity index (χ2n) is 7.58. The fraction of sp³-hybridized carbons (Fsp3) is 0.524. The highest BCUT2D eigenvalue weighted by Gasteiger charge is 2.24. The van der Waals surface area contributed by atoms with Crippen LogP contribution in [0.5, 0.6) is 0 Å². The topological polar surface area (TPSA) is 41.4 Å². The summed E-state index contributed by atoms with van der Waals surface area (Å²) in [6.45, 7) is 13.8. The van der Waals surface area contributed by atoms with Crippen LogP contribution < -0.4 is 4.90 Å². The van der Waals surface area contributed by atoms with E-state index in [2.05, 4.69) is 55.0 Å². The Morgan fingerprint density at radius 2 is 1.77 bits per heavy atom. The van der Waals surface area contributed by atoms with Gasteiger partial charge in [-0.2, -0.15) is 5.10 Å². The van der Waals surface area contributed by atoms with Gasteiger partial charge < -0.3 is 9.80 Å². The first-order valence-corrected chi connectivity index (χ1v) is 9.48. The summed E-state index contributed by atoms with van der Waals surface area (Å²) in [4.78, 5) is 17.1. The summed E-state index contributed by atoms with van der Waals surface area (Å²) in [6, 6.07) is 8.73. The Bertz CT molecular complexity index is 787. The molecule has 0 N–H and O–H groups in total. The Hall–Kier alpha value is -2.30. The maximum absolute atomic E-state index is 12.7. The Labute approximate surface area is 156 Å². The van der Waals surface area contributed by atoms with Crippen LogP contribution in [0, 0.1) is 27.7 Å². The van der Waals surface area contributed by atoms with Gasteiger partial charge in [0.25, 0.3) is 0 Å². The van der Waals surface area contributed by atoms with Crippen LogP contribution in [0.2, 0.25) is 0 Å². The lowest BCUT2D eigenvalue weighted by molar-refractivity contribution is -0.132. The van der Waals surface area contributed by atoms with E-state index in [4.69, 9.17) is 0 Å². The largest absolute Gasteiger partial charge is 0.368 e. The molecule has 1 aliphatic rings. The molecule has 0 unspecified atom stereocenters. The minimum atomic E-state index is 0.0910. The molecule has 1 aromatic heterocycles. The molecule has 5 heteroatoms. The van der Waals surface area contributed by atoms with E-state index in [1.54, 1.807) is 0 Å². The molecule has 2 heterocycles. The zero-order chi connectivity index (χ0) is 18.8. The number of piperazine rings is 1. The number of nitrogens with zero attached hydrogens (tertiary/aromatic N) is 4. The van der Waals surface area contributed by atoms with Gasteiger partial charge in [-0.05, 0) is 57.9 Å². The number of aromatic nitrogens is 2. The maximum Gasteiger partial charge on any atom is 0.224 e. The molecule has 26 heavy (non-hydrogen) atoms. The molecule has 1 aliphatic heterocycles. The number of hydrogen-bond donors (Lipinski definition) is 0. The molecular weight excluding hydrogens is 324 g/mol. The number of benzene rings is 1. The first-order chi connectivity index (χ1) is 12.3. The van der Waals surface area contributed by atoms with Crippen LogP contribution in [0.4, 0.5) is 5.69 Å². The molecule has 1 atom stereocenters. The van der Waals surface area contributed by atoms with Crippen LogP contribution >= 0.6 is 0 Å². The van der Waals surface area contributed by atoms with Crippen LogP contribution in [-0.2, 0) is 4.79 Å². The molecule has 2 aromatic rings. The van der Waals surface area contributed by atoms with E-state index in [1.807, 2.05) is 23.4 Å². The van der Waals surface area contributed by atoms with E-state index in [1.165, 1.54) is 16.8 Å². The van der Waals surface area contributed by atoms with Gasteiger partial charge in [0, 0.05) is 44.0 Å². The highest BCUT2D eigenvalue weighted by atomic mass is 16.2. The molecular formula is C21H30N4O. The van der Waals surface area contributed by atoms with Gasteiger partial charge in [-0.3, -0.25) is 9.48 Å². The van der Waals surface area contributed by atoms with E-state index >= 15 is 0 Å². The molecule has 0 saturated carbocycles. The minimum absolute atomic E-state index is 0.0910. The van der Waals surface area contributed by atoms with Crippen LogP contribution in [0.3, 0.4) is 0 Å². The molecule has 0 spiro atoms. The molecule has 5 nitrogen and oxygen atoms in total. The average Bonchev–Trinajstić information content (AvgIpc) is 2.95. The Balaban J connectivity index is 1.58. The van der Waals surface area contributed by atoms with Crippen molar-refractivity contribution in [1.29, 1.82) is 0 Å². The summed E-state index contributed by atoms with van der Waals surface area (Å²) in [5.41, 5.74) is 6.00. The van der Waals surface area contributed by atoms with E-state index in [-0.39, 0.29) is 11.9 Å². The smallest absolute Gasteiger partial charge is 0.224 e. The van der Waals surface area contributed by atoms with Gasteiger partial charge in [-0.1, -0.05) is 12.1 Å². The first-order valence-electron chi connectivity index (χ1n) is 9.48. The number of rotatable bonds is 4. The van der Waals surface area contributed by atoms with E-state index in [9.17, 15) is 4.79 Å². The molecule has 3 rings (SSSR count). The Morgan fingerprint density at radius 1 is 1.08 bits per heavy atom. The lowest BCUT2D eigenvalue weighted by atomic mass is 10.1. The predicted molar refractivity (Wildman–Crippen MR) is 106 cm³/mol. The second-order valence-corrected chi connectivity index (χ2v) is 7.58. The highest BCUT2D eigenvalue weighted by Crippen LogP contribution is 2.23. The lowest BCUT2D eigenvalue weighted by Gasteiger charge is -2.37. The van der Waals surface area contributed by atoms with Gasteiger partial charge in [0.15, 0.2) is 0 Å². The molecule has 140 valence electrons. The summed E-state index contributed by atoms with van der Waals surface area (Å²) in [6.07, 6.45) is 0.505. The zero-order valence-electron chi connectivity index (χ0n) is 16.6. The quantitative estimate of drug-likeness (QED) is 0.845. The van der Waals surface area contributed by atoms with Crippen molar-refractivity contribution >= 4 is 11.6 Å². The SMILES string of the molecule is Cc1ccc(C)c(N2CCN(C(=O)C[C@H](C)n3nc(C)cc3C)CC2)c1. The van der Waals surface area contributed by atoms with Crippen molar-refractivity contribution in [3.63, 3.8) is 0 Å². The van der Waals surface area contributed by atoms with E-state index in [0.29, 0.717) is 6.42 Å². The van der Waals surface area contributed by atoms with Crippen molar-refractivity contribution in [1.82, 2.24) is 14.7 Å². The van der Waals surface area contributed by atoms with Crippen molar-refractivity contribution in [3.8, 4) is 0 Å². The molecule has 1 saturated heterocycles. The standard InChI is InChI=1S/C21H30N4O/c1-15-6-7-16(2)20(12-15)23-8-10-24(11-9-23)21(26)14-19(5)25-18(4)13-17(3)22-25/h6-7,12-13,19H,8-11,14H2,1-5H3/t19-/m0/s1. The molecule has 0 bridgehead atoms. The molecule has 0 aliphatic carbocycles. The summed E-state index contributed by atoms with van der Waals surface area (Å²) >= 11 is 0. The van der Waals surface area contributed by atoms with Crippen LogP contribution in [0.25, 0.3) is 0 Å². The number of amides is 1. The summed E-state index contributed by atoms with van der Waals surface area (Å²) in [7, 11) is 0. The fourth-order valence-corrected chi connectivity index (χ4v) is 3.82. The van der Waals surface area contributed by atoms with Crippen LogP contribution in [0.15, 0.2) is 24.3 Å². The Kier molecular flexibility index (Phi) is 5.35. The molecule has 1 aromatic carbocycles. The van der Waals surface area contributed by atoms with Crippen molar-refractivity contribution in [2.75, 3.05) is 31.1 Å². The summed E-state index contributed by atoms with van der Waals surface area (Å²) in [5, 5.41) is 4.52. The third-order valence-electron chi connectivity index (χ3n) is 5.27. The third kappa shape index (κ3) is 3.92. The van der Waals surface area contributed by atoms with Gasteiger partial charge in [-0.15, -0.1) is 0 Å². The average molecular weight is 354 g/mol. The Morgan fingerprint density at radius 3 is 2.38 bits per heavy atom. The molecule has 0 radical (unpaired) electrons. The maximum atomic E-state index is 12.7. The summed E-state index contributed by atoms with van der Waals surface area (Å²) < 4.78 is 1.97. The monoisotopic (exact) mass is 354 g/mol. The number of aryl methyl sites for hydroxylation is 4. The van der Waals surface area contributed by atoms with Gasteiger partial charge in [0.2, 0.25) is 5.91 Å². The lowest BCUT2D eigenvalue weighted by Crippen LogP contribution is -2.49. The zero-order valence-corrected chi connectivity index (χ0v) is 16.6. The molecule has 1 fully saturated rings. The minimum Gasteiger partial charge on any atom is -0.368 e. The van der Waals surface area contributed by atoms with Gasteiger partial charge >= 0.3 is 0 Å². The normalized spacial score (nSPS) is 16.0. The number of hydrogen-bond acceptors (Lipinski definition) is 3. The second kappa shape index (κ2) is 7.52. The van der Waals surface area contributed by atoms with Gasteiger partial charge in [0.1, 0.15) is 0 Å². The van der Waals surface area contributed by atoms with Gasteiger partial charge in [0.05, 0.1) is 11.7 Å². The molecule has 1 amide bonds. The third-order valence-corrected chi connectivity index (χ3v) is 5.27. The summed E-state index contributed by atoms with van der Waals surface area (Å²) in [5.74, 6) is 0.227. The van der Waals surface area contributed by atoms with E-state index in [0.717, 1.165) is 37.6 Å². The predicted octanol–water partition coefficient (Wildman–Crippen LogP) is 3.42. The van der Waals surface area contributed by atoms with Crippen LogP contribution in [0.1, 0.15) is 41.9 Å². The van der Waals surface area contributed by atoms with Crippen molar-refractivity contribution in [2.45, 2.75) is 47.1 Å². The van der Waals surface area contributed by atoms with Crippen molar-refractivity contribution in [2.24, 2.45) is 0 Å². The first kappa shape index (κ1) is 18.5. The highest BCUT2D eigenvalue weighted by molar-refractivity contribution is 5.77. The van der Waals surface area contributed by atoms with Crippen molar-refractivity contribution in [3.05, 3.63) is 46.8 Å². The number of carbonyl (C=O) groups is 1. The van der Waals surface area contributed by atoms with Crippen LogP contribution in [-0.4, -0.2) is 46.8 Å². The van der Waals surface area contributed by atoms with Crippen molar-refractivity contribution < 1.29 is 4.79 Å². The van der Waals surface area contributed by atoms with Gasteiger partial charge in [-0.25, -0.2) is 0 Å².